The molecule has 1 heteroatoms. The Labute approximate surface area is 101 Å². The normalized spacial score (nSPS) is 13.6. The largest absolute Gasteiger partial charge is 0.324 e. The van der Waals surface area contributed by atoms with Crippen LogP contribution in [0, 0.1) is 0 Å². The summed E-state index contributed by atoms with van der Waals surface area (Å²) in [5.74, 6) is 0. The predicted molar refractivity (Wildman–Crippen MR) is 74.4 cm³/mol. The zero-order valence-corrected chi connectivity index (χ0v) is 11.2. The minimum absolute atomic E-state index is 0.149. The molecule has 0 fully saturated rings. The van der Waals surface area contributed by atoms with Gasteiger partial charge in [-0.15, -0.1) is 6.58 Å². The molecule has 92 valence electrons. The minimum atomic E-state index is 0.149. The summed E-state index contributed by atoms with van der Waals surface area (Å²) in [6.45, 7) is 14.4. The van der Waals surface area contributed by atoms with E-state index >= 15 is 0 Å². The van der Waals surface area contributed by atoms with Gasteiger partial charge in [0.05, 0.1) is 0 Å². The first-order valence-electron chi connectivity index (χ1n) is 6.26. The van der Waals surface area contributed by atoms with E-state index in [-0.39, 0.29) is 6.04 Å². The minimum Gasteiger partial charge on any atom is -0.324 e. The fraction of sp³-hybridized carbons (Fsp3) is 0.600. The van der Waals surface area contributed by atoms with Crippen LogP contribution in [0.4, 0.5) is 0 Å². The van der Waals surface area contributed by atoms with Crippen LogP contribution in [0.25, 0.3) is 0 Å². The topological polar surface area (TPSA) is 26.0 Å². The second-order valence-electron chi connectivity index (χ2n) is 4.56. The molecule has 16 heavy (non-hydrogen) atoms. The van der Waals surface area contributed by atoms with E-state index < -0.39 is 0 Å². The molecule has 0 heterocycles. The van der Waals surface area contributed by atoms with Gasteiger partial charge in [0.1, 0.15) is 0 Å². The third-order valence-electron chi connectivity index (χ3n) is 2.88. The van der Waals surface area contributed by atoms with Crippen LogP contribution in [-0.2, 0) is 0 Å². The summed E-state index contributed by atoms with van der Waals surface area (Å²) >= 11 is 0. The lowest BCUT2D eigenvalue weighted by atomic mass is 9.96. The summed E-state index contributed by atoms with van der Waals surface area (Å²) in [5.41, 5.74) is 9.81. The van der Waals surface area contributed by atoms with Crippen molar-refractivity contribution in [2.75, 3.05) is 0 Å². The molecule has 0 aromatic carbocycles. The molecule has 0 aliphatic carbocycles. The van der Waals surface area contributed by atoms with E-state index in [9.17, 15) is 0 Å². The van der Waals surface area contributed by atoms with Crippen molar-refractivity contribution in [2.45, 2.75) is 58.9 Å². The van der Waals surface area contributed by atoms with Crippen LogP contribution in [0.2, 0.25) is 0 Å². The van der Waals surface area contributed by atoms with Gasteiger partial charge >= 0.3 is 0 Å². The highest BCUT2D eigenvalue weighted by molar-refractivity contribution is 5.17. The van der Waals surface area contributed by atoms with Crippen LogP contribution in [-0.4, -0.2) is 6.04 Å². The van der Waals surface area contributed by atoms with Gasteiger partial charge in [-0.1, -0.05) is 43.2 Å². The number of rotatable bonds is 8. The number of allylic oxidation sites excluding steroid dienone is 3. The van der Waals surface area contributed by atoms with Crippen molar-refractivity contribution in [3.8, 4) is 0 Å². The Kier molecular flexibility index (Phi) is 7.92. The second-order valence-corrected chi connectivity index (χ2v) is 4.56. The van der Waals surface area contributed by atoms with Gasteiger partial charge in [-0.25, -0.2) is 0 Å². The molecule has 1 unspecified atom stereocenters. The first-order chi connectivity index (χ1) is 7.51. The molecule has 0 rings (SSSR count). The number of hydrogen-bond donors (Lipinski definition) is 1. The molecule has 0 saturated carbocycles. The van der Waals surface area contributed by atoms with Crippen LogP contribution in [0.3, 0.4) is 0 Å². The van der Waals surface area contributed by atoms with Gasteiger partial charge < -0.3 is 5.73 Å². The highest BCUT2D eigenvalue weighted by Gasteiger charge is 2.06. The maximum Gasteiger partial charge on any atom is 0.0251 e. The summed E-state index contributed by atoms with van der Waals surface area (Å²) in [6.07, 6.45) is 7.51. The highest BCUT2D eigenvalue weighted by Crippen LogP contribution is 2.18. The van der Waals surface area contributed by atoms with Crippen LogP contribution >= 0.6 is 0 Å². The van der Waals surface area contributed by atoms with E-state index in [4.69, 9.17) is 5.73 Å². The maximum atomic E-state index is 5.96. The third-order valence-corrected chi connectivity index (χ3v) is 2.88. The van der Waals surface area contributed by atoms with E-state index in [1.165, 1.54) is 11.1 Å². The Morgan fingerprint density at radius 1 is 1.31 bits per heavy atom. The SMILES string of the molecule is C=C(C)CC/C=C(\CC)CC(=C)C(N)CC. The lowest BCUT2D eigenvalue weighted by Crippen LogP contribution is -2.21. The lowest BCUT2D eigenvalue weighted by Gasteiger charge is -2.14. The van der Waals surface area contributed by atoms with Gasteiger partial charge in [-0.05, 0) is 39.0 Å². The van der Waals surface area contributed by atoms with Crippen LogP contribution < -0.4 is 5.73 Å². The van der Waals surface area contributed by atoms with Gasteiger partial charge in [0, 0.05) is 6.04 Å². The van der Waals surface area contributed by atoms with Gasteiger partial charge in [-0.3, -0.25) is 0 Å². The van der Waals surface area contributed by atoms with Crippen molar-refractivity contribution in [3.05, 3.63) is 36.0 Å². The Morgan fingerprint density at radius 2 is 1.94 bits per heavy atom. The maximum absolute atomic E-state index is 5.96. The third kappa shape index (κ3) is 6.62. The summed E-state index contributed by atoms with van der Waals surface area (Å²) in [6, 6.07) is 0.149. The molecule has 1 atom stereocenters. The smallest absolute Gasteiger partial charge is 0.0251 e. The monoisotopic (exact) mass is 221 g/mol. The van der Waals surface area contributed by atoms with Crippen molar-refractivity contribution in [3.63, 3.8) is 0 Å². The molecular weight excluding hydrogens is 194 g/mol. The van der Waals surface area contributed by atoms with Crippen LogP contribution in [0.5, 0.6) is 0 Å². The Balaban J connectivity index is 4.18. The molecule has 0 aliphatic rings. The van der Waals surface area contributed by atoms with E-state index in [0.717, 1.165) is 37.7 Å². The Hall–Kier alpha value is -0.820. The summed E-state index contributed by atoms with van der Waals surface area (Å²) in [5, 5.41) is 0. The zero-order valence-electron chi connectivity index (χ0n) is 11.2. The molecule has 0 aliphatic heterocycles. The molecule has 0 spiro atoms. The standard InChI is InChI=1S/C15H27N/c1-6-14(10-8-9-12(3)4)11-13(5)15(16)7-2/h10,15H,3,5-9,11,16H2,1-2,4H3/b14-10+. The van der Waals surface area contributed by atoms with Crippen molar-refractivity contribution >= 4 is 0 Å². The molecule has 1 nitrogen and oxygen atoms in total. The van der Waals surface area contributed by atoms with Gasteiger partial charge in [0.25, 0.3) is 0 Å². The first kappa shape index (κ1) is 15.2. The van der Waals surface area contributed by atoms with E-state index in [0.29, 0.717) is 0 Å². The average Bonchev–Trinajstić information content (AvgIpc) is 2.25. The molecular formula is C15H27N. The van der Waals surface area contributed by atoms with Crippen LogP contribution in [0.1, 0.15) is 52.9 Å². The first-order valence-corrected chi connectivity index (χ1v) is 6.26. The molecule has 0 bridgehead atoms. The van der Waals surface area contributed by atoms with Gasteiger partial charge in [0.2, 0.25) is 0 Å². The average molecular weight is 221 g/mol. The molecule has 0 radical (unpaired) electrons. The van der Waals surface area contributed by atoms with E-state index in [1.54, 1.807) is 0 Å². The predicted octanol–water partition coefficient (Wildman–Crippen LogP) is 4.36. The van der Waals surface area contributed by atoms with Gasteiger partial charge in [-0.2, -0.15) is 0 Å². The molecule has 2 N–H and O–H groups in total. The zero-order chi connectivity index (χ0) is 12.6. The number of nitrogens with two attached hydrogens (primary N) is 1. The molecule has 0 aromatic heterocycles. The molecule has 0 saturated heterocycles. The van der Waals surface area contributed by atoms with Crippen LogP contribution in [0.15, 0.2) is 36.0 Å². The lowest BCUT2D eigenvalue weighted by molar-refractivity contribution is 0.715. The summed E-state index contributed by atoms with van der Waals surface area (Å²) in [7, 11) is 0. The van der Waals surface area contributed by atoms with Crippen molar-refractivity contribution in [1.82, 2.24) is 0 Å². The molecule has 0 amide bonds. The fourth-order valence-corrected chi connectivity index (χ4v) is 1.58. The van der Waals surface area contributed by atoms with Crippen molar-refractivity contribution in [1.29, 1.82) is 0 Å². The summed E-state index contributed by atoms with van der Waals surface area (Å²) < 4.78 is 0. The Morgan fingerprint density at radius 3 is 2.38 bits per heavy atom. The van der Waals surface area contributed by atoms with Crippen molar-refractivity contribution < 1.29 is 0 Å². The van der Waals surface area contributed by atoms with Crippen molar-refractivity contribution in [2.24, 2.45) is 5.73 Å². The fourth-order valence-electron chi connectivity index (χ4n) is 1.58. The highest BCUT2D eigenvalue weighted by atomic mass is 14.6. The van der Waals surface area contributed by atoms with Gasteiger partial charge in [0.15, 0.2) is 0 Å². The molecule has 0 aromatic rings. The second kappa shape index (κ2) is 8.35. The summed E-state index contributed by atoms with van der Waals surface area (Å²) in [4.78, 5) is 0. The van der Waals surface area contributed by atoms with E-state index in [1.807, 2.05) is 0 Å². The quantitative estimate of drug-likeness (QED) is 0.605. The van der Waals surface area contributed by atoms with E-state index in [2.05, 4.69) is 40.0 Å². The Bertz CT molecular complexity index is 261. The number of hydrogen-bond acceptors (Lipinski definition) is 1.